The number of rotatable bonds is 17. The van der Waals surface area contributed by atoms with Crippen molar-refractivity contribution < 1.29 is 0 Å². The first-order valence-corrected chi connectivity index (χ1v) is 12.7. The minimum Gasteiger partial charge on any atom is -0.349 e. The fraction of sp³-hybridized carbons (Fsp3) is 0.769. The van der Waals surface area contributed by atoms with Gasteiger partial charge in [0.05, 0.1) is 0 Å². The first-order chi connectivity index (χ1) is 14.8. The minimum atomic E-state index is 0.994. The summed E-state index contributed by atoms with van der Waals surface area (Å²) in [6.45, 7) is 6.38. The Morgan fingerprint density at radius 1 is 0.667 bits per heavy atom. The molecule has 4 nitrogen and oxygen atoms in total. The average molecular weight is 417 g/mol. The van der Waals surface area contributed by atoms with Gasteiger partial charge in [-0.1, -0.05) is 104 Å². The van der Waals surface area contributed by atoms with E-state index in [0.29, 0.717) is 0 Å². The van der Waals surface area contributed by atoms with Crippen molar-refractivity contribution in [2.45, 2.75) is 130 Å². The molecule has 0 unspecified atom stereocenters. The van der Waals surface area contributed by atoms with E-state index in [1.807, 2.05) is 25.5 Å². The number of hydrogen-bond acceptors (Lipinski definition) is 2. The number of aromatic amines is 2. The van der Waals surface area contributed by atoms with Gasteiger partial charge in [-0.15, -0.1) is 0 Å². The molecule has 0 aliphatic rings. The van der Waals surface area contributed by atoms with Gasteiger partial charge >= 0.3 is 0 Å². The highest BCUT2D eigenvalue weighted by Crippen LogP contribution is 2.13. The molecule has 0 bridgehead atoms. The van der Waals surface area contributed by atoms with E-state index in [0.717, 1.165) is 30.2 Å². The van der Waals surface area contributed by atoms with Gasteiger partial charge in [0.25, 0.3) is 0 Å². The van der Waals surface area contributed by atoms with Crippen LogP contribution in [0.3, 0.4) is 0 Å². The molecule has 0 radical (unpaired) electrons. The van der Waals surface area contributed by atoms with E-state index in [4.69, 9.17) is 0 Å². The number of nitrogens with zero attached hydrogens (tertiary/aromatic N) is 2. The van der Waals surface area contributed by atoms with E-state index >= 15 is 0 Å². The highest BCUT2D eigenvalue weighted by molar-refractivity contribution is 4.97. The zero-order valence-corrected chi connectivity index (χ0v) is 20.1. The van der Waals surface area contributed by atoms with Gasteiger partial charge in [-0.3, -0.25) is 0 Å². The molecule has 0 saturated carbocycles. The van der Waals surface area contributed by atoms with Crippen LogP contribution < -0.4 is 0 Å². The third-order valence-electron chi connectivity index (χ3n) is 5.66. The fourth-order valence-corrected chi connectivity index (χ4v) is 3.75. The van der Waals surface area contributed by atoms with Crippen LogP contribution in [0.4, 0.5) is 0 Å². The summed E-state index contributed by atoms with van der Waals surface area (Å²) in [7, 11) is 0. The number of unbranched alkanes of at least 4 members (excludes halogenated alkanes) is 14. The van der Waals surface area contributed by atoms with Crippen molar-refractivity contribution >= 4 is 0 Å². The molecule has 0 aromatic carbocycles. The van der Waals surface area contributed by atoms with Crippen LogP contribution in [0.25, 0.3) is 0 Å². The predicted molar refractivity (Wildman–Crippen MR) is 130 cm³/mol. The topological polar surface area (TPSA) is 57.4 Å². The summed E-state index contributed by atoms with van der Waals surface area (Å²) in [5.41, 5.74) is 1.14. The summed E-state index contributed by atoms with van der Waals surface area (Å²) in [4.78, 5) is 14.6. The van der Waals surface area contributed by atoms with Crippen molar-refractivity contribution in [3.05, 3.63) is 35.9 Å². The Balaban J connectivity index is 0.000000467. The Hall–Kier alpha value is -1.58. The quantitative estimate of drug-likeness (QED) is 0.256. The van der Waals surface area contributed by atoms with Crippen LogP contribution >= 0.6 is 0 Å². The monoisotopic (exact) mass is 416 g/mol. The van der Waals surface area contributed by atoms with E-state index in [9.17, 15) is 0 Å². The zero-order chi connectivity index (χ0) is 21.7. The maximum Gasteiger partial charge on any atom is 0.105 e. The van der Waals surface area contributed by atoms with Crippen molar-refractivity contribution in [1.82, 2.24) is 19.9 Å². The molecule has 0 saturated heterocycles. The molecular weight excluding hydrogens is 368 g/mol. The second kappa shape index (κ2) is 19.4. The molecule has 0 fully saturated rings. The molecule has 0 amide bonds. The first-order valence-electron chi connectivity index (χ1n) is 12.7. The summed E-state index contributed by atoms with van der Waals surface area (Å²) in [6.07, 6.45) is 29.1. The summed E-state index contributed by atoms with van der Waals surface area (Å²) in [6, 6.07) is 0. The highest BCUT2D eigenvalue weighted by atomic mass is 14.9. The third-order valence-corrected chi connectivity index (χ3v) is 5.66. The molecular formula is C26H48N4. The molecule has 2 aromatic rings. The lowest BCUT2D eigenvalue weighted by atomic mass is 10.0. The maximum atomic E-state index is 4.26. The molecule has 172 valence electrons. The SMILES string of the molecule is CCCCCCCCCCCCCCCCCc1ncc[nH]1.CCc1ncc(C)[nH]1. The van der Waals surface area contributed by atoms with Gasteiger partial charge in [0.1, 0.15) is 11.6 Å². The smallest absolute Gasteiger partial charge is 0.105 e. The number of aryl methyl sites for hydroxylation is 3. The molecule has 2 aromatic heterocycles. The van der Waals surface area contributed by atoms with Crippen LogP contribution in [-0.4, -0.2) is 19.9 Å². The summed E-state index contributed by atoms with van der Waals surface area (Å²) in [5, 5.41) is 0. The van der Waals surface area contributed by atoms with E-state index in [1.54, 1.807) is 0 Å². The van der Waals surface area contributed by atoms with Gasteiger partial charge in [0.2, 0.25) is 0 Å². The molecule has 0 spiro atoms. The van der Waals surface area contributed by atoms with E-state index < -0.39 is 0 Å². The molecule has 2 N–H and O–H groups in total. The normalized spacial score (nSPS) is 10.8. The van der Waals surface area contributed by atoms with Gasteiger partial charge in [-0.2, -0.15) is 0 Å². The molecule has 4 heteroatoms. The summed E-state index contributed by atoms with van der Waals surface area (Å²) >= 11 is 0. The van der Waals surface area contributed by atoms with Crippen molar-refractivity contribution in [1.29, 1.82) is 0 Å². The molecule has 0 aliphatic heterocycles. The standard InChI is InChI=1S/C20H38N2.C6H10N2/c1-2-3-4-5-6-7-8-9-10-11-12-13-14-15-16-17-20-21-18-19-22-20;1-3-6-7-4-5(2)8-6/h18-19H,2-17H2,1H3,(H,21,22);4H,3H2,1-2H3,(H,7,8). The van der Waals surface area contributed by atoms with Crippen LogP contribution in [0, 0.1) is 6.92 Å². The van der Waals surface area contributed by atoms with Gasteiger partial charge in [0.15, 0.2) is 0 Å². The van der Waals surface area contributed by atoms with Crippen LogP contribution in [0.15, 0.2) is 18.6 Å². The average Bonchev–Trinajstić information content (AvgIpc) is 3.43. The van der Waals surface area contributed by atoms with E-state index in [2.05, 4.69) is 33.8 Å². The predicted octanol–water partition coefficient (Wildman–Crippen LogP) is 8.10. The van der Waals surface area contributed by atoms with Gasteiger partial charge < -0.3 is 9.97 Å². The third kappa shape index (κ3) is 15.3. The number of aromatic nitrogens is 4. The van der Waals surface area contributed by atoms with E-state index in [-0.39, 0.29) is 0 Å². The minimum absolute atomic E-state index is 0.994. The Bertz CT molecular complexity index is 574. The Labute approximate surface area is 186 Å². The molecule has 0 atom stereocenters. The lowest BCUT2D eigenvalue weighted by molar-refractivity contribution is 0.531. The van der Waals surface area contributed by atoms with Crippen LogP contribution in [0.5, 0.6) is 0 Å². The maximum absolute atomic E-state index is 4.26. The van der Waals surface area contributed by atoms with Gasteiger partial charge in [-0.25, -0.2) is 9.97 Å². The lowest BCUT2D eigenvalue weighted by Gasteiger charge is -2.03. The number of imidazole rings is 2. The largest absolute Gasteiger partial charge is 0.349 e. The fourth-order valence-electron chi connectivity index (χ4n) is 3.75. The van der Waals surface area contributed by atoms with Crippen molar-refractivity contribution in [3.63, 3.8) is 0 Å². The summed E-state index contributed by atoms with van der Waals surface area (Å²) in [5.74, 6) is 2.22. The Morgan fingerprint density at radius 3 is 1.57 bits per heavy atom. The molecule has 2 heterocycles. The van der Waals surface area contributed by atoms with Crippen molar-refractivity contribution in [2.75, 3.05) is 0 Å². The summed E-state index contributed by atoms with van der Waals surface area (Å²) < 4.78 is 0. The second-order valence-electron chi connectivity index (χ2n) is 8.60. The lowest BCUT2D eigenvalue weighted by Crippen LogP contribution is -1.88. The molecule has 2 rings (SSSR count). The molecule has 30 heavy (non-hydrogen) atoms. The Kier molecular flexibility index (Phi) is 17.1. The van der Waals surface area contributed by atoms with E-state index in [1.165, 1.54) is 96.3 Å². The number of hydrogen-bond donors (Lipinski definition) is 2. The highest BCUT2D eigenvalue weighted by Gasteiger charge is 1.96. The Morgan fingerprint density at radius 2 is 1.20 bits per heavy atom. The first kappa shape index (κ1) is 26.5. The number of nitrogens with one attached hydrogen (secondary N) is 2. The molecule has 0 aliphatic carbocycles. The second-order valence-corrected chi connectivity index (χ2v) is 8.60. The zero-order valence-electron chi connectivity index (χ0n) is 20.1. The van der Waals surface area contributed by atoms with Crippen LogP contribution in [0.1, 0.15) is 128 Å². The van der Waals surface area contributed by atoms with Gasteiger partial charge in [-0.05, 0) is 13.3 Å². The van der Waals surface area contributed by atoms with Crippen molar-refractivity contribution in [2.24, 2.45) is 0 Å². The van der Waals surface area contributed by atoms with Crippen LogP contribution in [-0.2, 0) is 12.8 Å². The van der Waals surface area contributed by atoms with Gasteiger partial charge in [0, 0.05) is 37.1 Å². The number of H-pyrrole nitrogens is 2. The van der Waals surface area contributed by atoms with Crippen LogP contribution in [0.2, 0.25) is 0 Å². The van der Waals surface area contributed by atoms with Crippen molar-refractivity contribution in [3.8, 4) is 0 Å².